The van der Waals surface area contributed by atoms with Crippen molar-refractivity contribution in [2.45, 2.75) is 0 Å². The van der Waals surface area contributed by atoms with E-state index in [0.717, 1.165) is 15.1 Å². The molecule has 0 aliphatic heterocycles. The largest absolute Gasteiger partial charge is 0.295 e. The minimum Gasteiger partial charge on any atom is -0.295 e. The maximum atomic E-state index is 4.44. The summed E-state index contributed by atoms with van der Waals surface area (Å²) >= 11 is 5.09. The van der Waals surface area contributed by atoms with Crippen LogP contribution in [0.1, 0.15) is 0 Å². The summed E-state index contributed by atoms with van der Waals surface area (Å²) in [6.45, 7) is 0. The number of hydrogen-bond donors (Lipinski definition) is 1. The van der Waals surface area contributed by atoms with E-state index in [0.29, 0.717) is 0 Å². The fraction of sp³-hybridized carbons (Fsp3) is 0.222. The lowest BCUT2D eigenvalue weighted by atomic mass is 10.3. The molecule has 0 spiro atoms. The summed E-state index contributed by atoms with van der Waals surface area (Å²) in [5.74, 6) is 0. The van der Waals surface area contributed by atoms with Gasteiger partial charge < -0.3 is 0 Å². The van der Waals surface area contributed by atoms with E-state index in [-0.39, 0.29) is 0 Å². The average molecular weight is 272 g/mol. The number of anilines is 1. The minimum atomic E-state index is 0.920. The zero-order chi connectivity index (χ0) is 10.1. The lowest BCUT2D eigenvalue weighted by Gasteiger charge is -2.08. The van der Waals surface area contributed by atoms with Crippen LogP contribution in [0.15, 0.2) is 22.7 Å². The Morgan fingerprint density at radius 2 is 2.21 bits per heavy atom. The Balaban J connectivity index is 2.41. The highest BCUT2D eigenvalue weighted by molar-refractivity contribution is 9.10. The summed E-state index contributed by atoms with van der Waals surface area (Å²) in [5, 5.41) is 2.80. The molecular weight excluding hydrogens is 262 g/mol. The fourth-order valence-electron chi connectivity index (χ4n) is 1.14. The Kier molecular flexibility index (Phi) is 2.71. The van der Waals surface area contributed by atoms with Crippen molar-refractivity contribution in [1.29, 1.82) is 0 Å². The molecule has 0 aliphatic rings. The van der Waals surface area contributed by atoms with Crippen molar-refractivity contribution in [3.63, 3.8) is 0 Å². The van der Waals surface area contributed by atoms with E-state index in [9.17, 15) is 0 Å². The van der Waals surface area contributed by atoms with Crippen LogP contribution in [0.4, 0.5) is 5.13 Å². The first-order valence-electron chi connectivity index (χ1n) is 4.15. The number of hydrazine groups is 1. The molecule has 74 valence electrons. The number of fused-ring (bicyclic) bond motifs is 1. The van der Waals surface area contributed by atoms with E-state index >= 15 is 0 Å². The third-order valence-electron chi connectivity index (χ3n) is 1.67. The molecule has 1 aromatic heterocycles. The number of nitrogens with zero attached hydrogens (tertiary/aromatic N) is 2. The van der Waals surface area contributed by atoms with E-state index in [2.05, 4.69) is 32.4 Å². The van der Waals surface area contributed by atoms with Crippen molar-refractivity contribution in [3.8, 4) is 0 Å². The molecule has 1 N–H and O–H groups in total. The van der Waals surface area contributed by atoms with E-state index in [1.54, 1.807) is 11.3 Å². The number of benzene rings is 1. The first kappa shape index (κ1) is 9.89. The van der Waals surface area contributed by atoms with Gasteiger partial charge in [0.25, 0.3) is 0 Å². The lowest BCUT2D eigenvalue weighted by molar-refractivity contribution is 0.495. The Labute approximate surface area is 94.9 Å². The van der Waals surface area contributed by atoms with Gasteiger partial charge in [-0.2, -0.15) is 0 Å². The molecule has 1 aromatic carbocycles. The van der Waals surface area contributed by atoms with E-state index in [1.165, 1.54) is 4.70 Å². The number of aromatic nitrogens is 1. The van der Waals surface area contributed by atoms with Gasteiger partial charge in [0.2, 0.25) is 0 Å². The van der Waals surface area contributed by atoms with Gasteiger partial charge in [-0.3, -0.25) is 5.43 Å². The number of nitrogens with one attached hydrogen (secondary N) is 1. The van der Waals surface area contributed by atoms with E-state index in [4.69, 9.17) is 0 Å². The molecule has 0 fully saturated rings. The molecule has 3 nitrogen and oxygen atoms in total. The molecule has 0 saturated carbocycles. The van der Waals surface area contributed by atoms with Gasteiger partial charge in [0.05, 0.1) is 10.2 Å². The van der Waals surface area contributed by atoms with Crippen LogP contribution < -0.4 is 5.43 Å². The quantitative estimate of drug-likeness (QED) is 0.852. The van der Waals surface area contributed by atoms with Crippen LogP contribution in [0.2, 0.25) is 0 Å². The predicted molar refractivity (Wildman–Crippen MR) is 64.6 cm³/mol. The van der Waals surface area contributed by atoms with E-state index < -0.39 is 0 Å². The second-order valence-corrected chi connectivity index (χ2v) is 5.08. The summed E-state index contributed by atoms with van der Waals surface area (Å²) in [6.07, 6.45) is 0. The topological polar surface area (TPSA) is 28.2 Å². The fourth-order valence-corrected chi connectivity index (χ4v) is 2.63. The Hall–Kier alpha value is -0.650. The van der Waals surface area contributed by atoms with Crippen LogP contribution in [0, 0.1) is 0 Å². The molecular formula is C9H10BrN3S. The summed E-state index contributed by atoms with van der Waals surface area (Å²) in [7, 11) is 3.89. The van der Waals surface area contributed by atoms with Gasteiger partial charge in [0.15, 0.2) is 5.13 Å². The van der Waals surface area contributed by atoms with Crippen LogP contribution in [-0.2, 0) is 0 Å². The third-order valence-corrected chi connectivity index (χ3v) is 3.09. The maximum Gasteiger partial charge on any atom is 0.198 e. The standard InChI is InChI=1S/C9H10BrN3S/c1-13(2)12-9-11-7-4-3-6(10)5-8(7)14-9/h3-5H,1-2H3,(H,11,12). The highest BCUT2D eigenvalue weighted by atomic mass is 79.9. The van der Waals surface area contributed by atoms with Crippen LogP contribution in [-0.4, -0.2) is 24.1 Å². The zero-order valence-corrected chi connectivity index (χ0v) is 10.3. The molecule has 0 amide bonds. The summed E-state index contributed by atoms with van der Waals surface area (Å²) in [6, 6.07) is 6.09. The Morgan fingerprint density at radius 3 is 2.93 bits per heavy atom. The molecule has 0 saturated heterocycles. The predicted octanol–water partition coefficient (Wildman–Crippen LogP) is 2.95. The normalized spacial score (nSPS) is 11.1. The SMILES string of the molecule is CN(C)Nc1nc2ccc(Br)cc2s1. The van der Waals surface area contributed by atoms with Crippen LogP contribution >= 0.6 is 27.3 Å². The molecule has 2 aromatic rings. The third kappa shape index (κ3) is 2.05. The molecule has 0 aliphatic carbocycles. The maximum absolute atomic E-state index is 4.44. The van der Waals surface area contributed by atoms with Gasteiger partial charge in [-0.15, -0.1) is 0 Å². The smallest absolute Gasteiger partial charge is 0.198 e. The first-order valence-corrected chi connectivity index (χ1v) is 5.76. The molecule has 0 unspecified atom stereocenters. The van der Waals surface area contributed by atoms with Crippen molar-refractivity contribution in [3.05, 3.63) is 22.7 Å². The monoisotopic (exact) mass is 271 g/mol. The molecule has 14 heavy (non-hydrogen) atoms. The van der Waals surface area contributed by atoms with Crippen molar-refractivity contribution in [2.75, 3.05) is 19.5 Å². The number of rotatable bonds is 2. The van der Waals surface area contributed by atoms with Crippen molar-refractivity contribution in [1.82, 2.24) is 9.99 Å². The second kappa shape index (κ2) is 3.84. The summed E-state index contributed by atoms with van der Waals surface area (Å²) in [5.41, 5.74) is 4.17. The van der Waals surface area contributed by atoms with Gasteiger partial charge in [-0.05, 0) is 18.2 Å². The second-order valence-electron chi connectivity index (χ2n) is 3.14. The van der Waals surface area contributed by atoms with Gasteiger partial charge in [0.1, 0.15) is 0 Å². The molecule has 1 heterocycles. The van der Waals surface area contributed by atoms with Crippen molar-refractivity contribution < 1.29 is 0 Å². The molecule has 2 rings (SSSR count). The highest BCUT2D eigenvalue weighted by Crippen LogP contribution is 2.28. The van der Waals surface area contributed by atoms with E-state index in [1.807, 2.05) is 31.2 Å². The number of thiazole rings is 1. The van der Waals surface area contributed by atoms with Crippen LogP contribution in [0.25, 0.3) is 10.2 Å². The summed E-state index contributed by atoms with van der Waals surface area (Å²) < 4.78 is 2.27. The molecule has 0 radical (unpaired) electrons. The molecule has 0 bridgehead atoms. The van der Waals surface area contributed by atoms with Gasteiger partial charge in [0, 0.05) is 18.6 Å². The Bertz CT molecular complexity index is 452. The van der Waals surface area contributed by atoms with Crippen LogP contribution in [0.5, 0.6) is 0 Å². The van der Waals surface area contributed by atoms with Crippen molar-refractivity contribution in [2.24, 2.45) is 0 Å². The first-order chi connectivity index (χ1) is 6.65. The minimum absolute atomic E-state index is 0.920. The Morgan fingerprint density at radius 1 is 1.43 bits per heavy atom. The number of hydrogen-bond acceptors (Lipinski definition) is 4. The molecule has 5 heteroatoms. The molecule has 0 atom stereocenters. The van der Waals surface area contributed by atoms with Gasteiger partial charge >= 0.3 is 0 Å². The van der Waals surface area contributed by atoms with Gasteiger partial charge in [-0.25, -0.2) is 9.99 Å². The zero-order valence-electron chi connectivity index (χ0n) is 7.91. The summed E-state index contributed by atoms with van der Waals surface area (Å²) in [4.78, 5) is 4.44. The average Bonchev–Trinajstić information content (AvgIpc) is 2.44. The highest BCUT2D eigenvalue weighted by Gasteiger charge is 2.03. The van der Waals surface area contributed by atoms with Crippen molar-refractivity contribution >= 4 is 42.6 Å². The van der Waals surface area contributed by atoms with Gasteiger partial charge in [-0.1, -0.05) is 27.3 Å². The van der Waals surface area contributed by atoms with Crippen LogP contribution in [0.3, 0.4) is 0 Å². The number of halogens is 1. The lowest BCUT2D eigenvalue weighted by Crippen LogP contribution is -2.19.